The lowest BCUT2D eigenvalue weighted by Crippen LogP contribution is -2.54. The van der Waals surface area contributed by atoms with E-state index in [1.807, 2.05) is 0 Å². The molecule has 1 heterocycles. The molecule has 3 rings (SSSR count). The maximum atomic E-state index is 14.5. The Hall–Kier alpha value is -1.87. The van der Waals surface area contributed by atoms with Crippen molar-refractivity contribution in [1.29, 1.82) is 0 Å². The molecular formula is C17H18F2N3O2S-. The lowest BCUT2D eigenvalue weighted by atomic mass is 9.96. The van der Waals surface area contributed by atoms with Gasteiger partial charge in [0, 0.05) is 23.4 Å². The fourth-order valence-corrected chi connectivity index (χ4v) is 4.06. The van der Waals surface area contributed by atoms with Crippen molar-refractivity contribution >= 4 is 17.0 Å². The normalized spacial score (nSPS) is 21.3. The molecule has 134 valence electrons. The number of hydrogen-bond donors (Lipinski definition) is 2. The Morgan fingerprint density at radius 1 is 1.24 bits per heavy atom. The van der Waals surface area contributed by atoms with Crippen molar-refractivity contribution in [2.24, 2.45) is 5.73 Å². The van der Waals surface area contributed by atoms with Gasteiger partial charge in [0.2, 0.25) is 0 Å². The van der Waals surface area contributed by atoms with Crippen LogP contribution in [0, 0.1) is 11.6 Å². The third-order valence-electron chi connectivity index (χ3n) is 4.41. The van der Waals surface area contributed by atoms with Gasteiger partial charge in [-0.05, 0) is 55.3 Å². The van der Waals surface area contributed by atoms with Gasteiger partial charge in [-0.2, -0.15) is 0 Å². The van der Waals surface area contributed by atoms with Crippen LogP contribution < -0.4 is 15.4 Å². The lowest BCUT2D eigenvalue weighted by molar-refractivity contribution is 0.377. The highest BCUT2D eigenvalue weighted by Crippen LogP contribution is 2.40. The third kappa shape index (κ3) is 3.30. The first-order valence-corrected chi connectivity index (χ1v) is 8.90. The quantitative estimate of drug-likeness (QED) is 0.796. The highest BCUT2D eigenvalue weighted by atomic mass is 32.2. The third-order valence-corrected chi connectivity index (χ3v) is 5.23. The molecule has 2 atom stereocenters. The minimum atomic E-state index is -2.71. The summed E-state index contributed by atoms with van der Waals surface area (Å²) >= 11 is -2.71. The zero-order chi connectivity index (χ0) is 18.0. The second-order valence-electron chi connectivity index (χ2n) is 5.90. The Kier molecular flexibility index (Phi) is 5.14. The van der Waals surface area contributed by atoms with Crippen LogP contribution in [0.15, 0.2) is 42.5 Å². The van der Waals surface area contributed by atoms with Crippen LogP contribution in [0.5, 0.6) is 0 Å². The molecule has 0 radical (unpaired) electrons. The molecule has 0 spiro atoms. The van der Waals surface area contributed by atoms with Crippen LogP contribution in [0.2, 0.25) is 0 Å². The zero-order valence-corrected chi connectivity index (χ0v) is 14.2. The second kappa shape index (κ2) is 7.17. The Morgan fingerprint density at radius 2 is 1.96 bits per heavy atom. The summed E-state index contributed by atoms with van der Waals surface area (Å²) < 4.78 is 53.4. The second-order valence-corrected chi connectivity index (χ2v) is 6.70. The highest BCUT2D eigenvalue weighted by Gasteiger charge is 2.44. The fourth-order valence-electron chi connectivity index (χ4n) is 3.26. The van der Waals surface area contributed by atoms with Crippen LogP contribution in [-0.4, -0.2) is 15.3 Å². The number of halogens is 2. The molecule has 25 heavy (non-hydrogen) atoms. The molecule has 0 saturated carbocycles. The molecule has 3 N–H and O–H groups in total. The summed E-state index contributed by atoms with van der Waals surface area (Å²) in [7, 11) is 0. The molecule has 8 heteroatoms. The van der Waals surface area contributed by atoms with E-state index in [0.29, 0.717) is 31.6 Å². The Morgan fingerprint density at radius 3 is 2.52 bits per heavy atom. The molecule has 0 aromatic heterocycles. The van der Waals surface area contributed by atoms with Gasteiger partial charge in [-0.15, -0.1) is 0 Å². The molecule has 2 aromatic rings. The van der Waals surface area contributed by atoms with E-state index in [0.717, 1.165) is 28.1 Å². The SMILES string of the molecule is NCc1ccc(N(S(=O)[O-])C2(c3cc(F)ccc3F)CCCN2)cc1. The molecule has 0 bridgehead atoms. The van der Waals surface area contributed by atoms with E-state index in [1.165, 1.54) is 0 Å². The first-order valence-electron chi connectivity index (χ1n) is 7.87. The van der Waals surface area contributed by atoms with Gasteiger partial charge in [-0.25, -0.2) is 8.78 Å². The summed E-state index contributed by atoms with van der Waals surface area (Å²) in [6.45, 7) is 0.813. The predicted molar refractivity (Wildman–Crippen MR) is 91.0 cm³/mol. The van der Waals surface area contributed by atoms with E-state index in [2.05, 4.69) is 5.32 Å². The highest BCUT2D eigenvalue weighted by molar-refractivity contribution is 7.80. The summed E-state index contributed by atoms with van der Waals surface area (Å²) in [6.07, 6.45) is 0.949. The van der Waals surface area contributed by atoms with E-state index in [1.54, 1.807) is 24.3 Å². The largest absolute Gasteiger partial charge is 0.755 e. The maximum absolute atomic E-state index is 14.5. The van der Waals surface area contributed by atoms with Crippen LogP contribution in [0.1, 0.15) is 24.0 Å². The fraction of sp³-hybridized carbons (Fsp3) is 0.294. The summed E-state index contributed by atoms with van der Waals surface area (Å²) in [6, 6.07) is 9.70. The van der Waals surface area contributed by atoms with Crippen LogP contribution in [0.25, 0.3) is 0 Å². The standard InChI is InChI=1S/C17H19F2N3O2S/c18-13-4-7-16(19)15(10-13)17(8-1-9-21-17)22(25(23)24)14-5-2-12(11-20)3-6-14/h2-7,10,21H,1,8-9,11,20H2,(H,23,24)/p-1. The van der Waals surface area contributed by atoms with Gasteiger partial charge in [0.05, 0.1) is 5.69 Å². The number of nitrogens with one attached hydrogen (secondary N) is 1. The molecule has 1 aliphatic heterocycles. The summed E-state index contributed by atoms with van der Waals surface area (Å²) in [5.41, 5.74) is 5.36. The first kappa shape index (κ1) is 17.9. The van der Waals surface area contributed by atoms with E-state index in [-0.39, 0.29) is 5.56 Å². The van der Waals surface area contributed by atoms with Crippen molar-refractivity contribution in [2.75, 3.05) is 10.8 Å². The topological polar surface area (TPSA) is 81.4 Å². The molecule has 0 aliphatic carbocycles. The van der Waals surface area contributed by atoms with E-state index < -0.39 is 28.6 Å². The zero-order valence-electron chi connectivity index (χ0n) is 13.4. The maximum Gasteiger partial charge on any atom is 0.132 e. The molecule has 0 amide bonds. The van der Waals surface area contributed by atoms with Crippen LogP contribution in [0.3, 0.4) is 0 Å². The molecule has 1 saturated heterocycles. The summed E-state index contributed by atoms with van der Waals surface area (Å²) in [5, 5.41) is 3.06. The van der Waals surface area contributed by atoms with Gasteiger partial charge in [-0.1, -0.05) is 12.1 Å². The molecule has 2 unspecified atom stereocenters. The van der Waals surface area contributed by atoms with Crippen LogP contribution >= 0.6 is 0 Å². The smallest absolute Gasteiger partial charge is 0.132 e. The van der Waals surface area contributed by atoms with Crippen molar-refractivity contribution in [2.45, 2.75) is 25.0 Å². The van der Waals surface area contributed by atoms with Gasteiger partial charge in [0.1, 0.15) is 17.3 Å². The molecule has 1 fully saturated rings. The average molecular weight is 366 g/mol. The van der Waals surface area contributed by atoms with Gasteiger partial charge < -0.3 is 10.3 Å². The van der Waals surface area contributed by atoms with Crippen molar-refractivity contribution in [1.82, 2.24) is 5.32 Å². The number of hydrogen-bond acceptors (Lipinski definition) is 4. The van der Waals surface area contributed by atoms with Gasteiger partial charge >= 0.3 is 0 Å². The van der Waals surface area contributed by atoms with Gasteiger partial charge in [-0.3, -0.25) is 13.8 Å². The number of nitrogens with zero attached hydrogens (tertiary/aromatic N) is 1. The minimum absolute atomic E-state index is 0.0305. The lowest BCUT2D eigenvalue weighted by Gasteiger charge is -2.44. The van der Waals surface area contributed by atoms with Crippen molar-refractivity contribution in [3.05, 3.63) is 65.2 Å². The Bertz CT molecular complexity index is 780. The van der Waals surface area contributed by atoms with E-state index in [9.17, 15) is 17.5 Å². The first-order chi connectivity index (χ1) is 12.0. The van der Waals surface area contributed by atoms with Crippen LogP contribution in [0.4, 0.5) is 14.5 Å². The predicted octanol–water partition coefficient (Wildman–Crippen LogP) is 2.26. The van der Waals surface area contributed by atoms with Gasteiger partial charge in [0.15, 0.2) is 0 Å². The molecular weight excluding hydrogens is 348 g/mol. The molecule has 1 aliphatic rings. The number of rotatable bonds is 5. The molecule has 2 aromatic carbocycles. The summed E-state index contributed by atoms with van der Waals surface area (Å²) in [5.74, 6) is -1.29. The van der Waals surface area contributed by atoms with Crippen molar-refractivity contribution in [3.8, 4) is 0 Å². The monoisotopic (exact) mass is 366 g/mol. The molecule has 5 nitrogen and oxygen atoms in total. The Labute approximate surface area is 147 Å². The van der Waals surface area contributed by atoms with E-state index in [4.69, 9.17) is 5.73 Å². The van der Waals surface area contributed by atoms with Gasteiger partial charge in [0.25, 0.3) is 0 Å². The van der Waals surface area contributed by atoms with Crippen LogP contribution in [-0.2, 0) is 23.5 Å². The minimum Gasteiger partial charge on any atom is -0.755 e. The van der Waals surface area contributed by atoms with Crippen molar-refractivity contribution < 1.29 is 17.5 Å². The van der Waals surface area contributed by atoms with E-state index >= 15 is 0 Å². The number of benzene rings is 2. The summed E-state index contributed by atoms with van der Waals surface area (Å²) in [4.78, 5) is 0. The average Bonchev–Trinajstić information content (AvgIpc) is 3.08. The van der Waals surface area contributed by atoms with Crippen molar-refractivity contribution in [3.63, 3.8) is 0 Å². The number of nitrogens with two attached hydrogens (primary N) is 1. The number of anilines is 1. The Balaban J connectivity index is 2.15.